The van der Waals surface area contributed by atoms with Crippen molar-refractivity contribution in [2.75, 3.05) is 6.54 Å². The van der Waals surface area contributed by atoms with Gasteiger partial charge in [-0.15, -0.1) is 5.10 Å². The lowest BCUT2D eigenvalue weighted by atomic mass is 10.1. The summed E-state index contributed by atoms with van der Waals surface area (Å²) in [5, 5.41) is 6.74. The van der Waals surface area contributed by atoms with Gasteiger partial charge < -0.3 is 5.32 Å². The Hall–Kier alpha value is -2.96. The lowest BCUT2D eigenvalue weighted by Gasteiger charge is -2.05. The topological polar surface area (TPSA) is 68.4 Å². The van der Waals surface area contributed by atoms with Crippen LogP contribution in [0, 0.1) is 5.82 Å². The van der Waals surface area contributed by atoms with Gasteiger partial charge in [-0.3, -0.25) is 9.20 Å². The first-order valence-electron chi connectivity index (χ1n) is 7.19. The second-order valence-corrected chi connectivity index (χ2v) is 5.06. The molecule has 6 nitrogen and oxygen atoms in total. The highest BCUT2D eigenvalue weighted by Crippen LogP contribution is 2.06. The minimum absolute atomic E-state index is 0.169. The normalized spacial score (nSPS) is 10.8. The molecule has 2 aromatic heterocycles. The summed E-state index contributed by atoms with van der Waals surface area (Å²) < 4.78 is 15.9. The smallest absolute Gasteiger partial charge is 0.350 e. The molecule has 23 heavy (non-hydrogen) atoms. The molecule has 0 saturated heterocycles. The van der Waals surface area contributed by atoms with Crippen molar-refractivity contribution in [2.45, 2.75) is 13.0 Å². The molecular weight excluding hydrogens is 299 g/mol. The van der Waals surface area contributed by atoms with E-state index in [4.69, 9.17) is 0 Å². The summed E-state index contributed by atoms with van der Waals surface area (Å²) in [6.07, 6.45) is 1.98. The predicted octanol–water partition coefficient (Wildman–Crippen LogP) is 0.994. The van der Waals surface area contributed by atoms with Crippen LogP contribution in [0.3, 0.4) is 0 Å². The van der Waals surface area contributed by atoms with E-state index in [1.54, 1.807) is 42.6 Å². The molecule has 0 aliphatic carbocycles. The molecule has 3 aromatic rings. The molecule has 1 aromatic carbocycles. The third kappa shape index (κ3) is 3.28. The van der Waals surface area contributed by atoms with Gasteiger partial charge in [-0.1, -0.05) is 24.3 Å². The molecule has 2 heterocycles. The molecule has 0 atom stereocenters. The predicted molar refractivity (Wildman–Crippen MR) is 82.6 cm³/mol. The van der Waals surface area contributed by atoms with Crippen molar-refractivity contribution < 1.29 is 9.18 Å². The molecule has 0 spiro atoms. The van der Waals surface area contributed by atoms with E-state index in [1.165, 1.54) is 10.5 Å². The Kier molecular flexibility index (Phi) is 4.18. The van der Waals surface area contributed by atoms with Crippen molar-refractivity contribution in [3.8, 4) is 0 Å². The van der Waals surface area contributed by atoms with Crippen LogP contribution in [-0.4, -0.2) is 26.6 Å². The van der Waals surface area contributed by atoms with E-state index in [0.717, 1.165) is 4.68 Å². The highest BCUT2D eigenvalue weighted by molar-refractivity contribution is 5.75. The van der Waals surface area contributed by atoms with Crippen molar-refractivity contribution in [1.29, 1.82) is 0 Å². The van der Waals surface area contributed by atoms with Crippen molar-refractivity contribution >= 4 is 11.6 Å². The first-order chi connectivity index (χ1) is 11.1. The van der Waals surface area contributed by atoms with Crippen molar-refractivity contribution in [3.63, 3.8) is 0 Å². The Labute approximate surface area is 131 Å². The second-order valence-electron chi connectivity index (χ2n) is 5.06. The lowest BCUT2D eigenvalue weighted by Crippen LogP contribution is -2.33. The fraction of sp³-hybridized carbons (Fsp3) is 0.188. The van der Waals surface area contributed by atoms with Crippen LogP contribution in [0.2, 0.25) is 0 Å². The summed E-state index contributed by atoms with van der Waals surface area (Å²) in [6.45, 7) is 0.125. The Bertz CT molecular complexity index is 900. The summed E-state index contributed by atoms with van der Waals surface area (Å²) in [4.78, 5) is 23.9. The average Bonchev–Trinajstić information content (AvgIpc) is 2.86. The number of pyridine rings is 1. The number of carbonyl (C=O) groups is 1. The first-order valence-corrected chi connectivity index (χ1v) is 7.19. The molecule has 0 saturated carbocycles. The van der Waals surface area contributed by atoms with Gasteiger partial charge in [0.2, 0.25) is 5.91 Å². The Balaban J connectivity index is 1.60. The zero-order chi connectivity index (χ0) is 16.2. The standard InChI is InChI=1S/C16H15FN4O2/c17-13-6-2-1-5-12(13)8-9-18-15(22)11-21-16(23)20-10-4-3-7-14(20)19-21/h1-7,10H,8-9,11H2,(H,18,22). The second kappa shape index (κ2) is 6.43. The number of nitrogens with zero attached hydrogens (tertiary/aromatic N) is 3. The largest absolute Gasteiger partial charge is 0.354 e. The van der Waals surface area contributed by atoms with Crippen molar-refractivity contribution in [1.82, 2.24) is 19.5 Å². The van der Waals surface area contributed by atoms with Gasteiger partial charge in [-0.2, -0.15) is 0 Å². The van der Waals surface area contributed by atoms with E-state index in [9.17, 15) is 14.0 Å². The summed E-state index contributed by atoms with van der Waals surface area (Å²) in [7, 11) is 0. The number of halogens is 1. The van der Waals surface area contributed by atoms with Gasteiger partial charge in [0.15, 0.2) is 5.65 Å². The van der Waals surface area contributed by atoms with Crippen molar-refractivity contribution in [2.24, 2.45) is 0 Å². The number of aromatic nitrogens is 3. The number of fused-ring (bicyclic) bond motifs is 1. The molecule has 1 amide bonds. The van der Waals surface area contributed by atoms with E-state index in [-0.39, 0.29) is 24.0 Å². The number of benzene rings is 1. The van der Waals surface area contributed by atoms with Crippen molar-refractivity contribution in [3.05, 3.63) is 70.5 Å². The Morgan fingerprint density at radius 3 is 2.74 bits per heavy atom. The van der Waals surface area contributed by atoms with E-state index >= 15 is 0 Å². The number of hydrogen-bond acceptors (Lipinski definition) is 3. The highest BCUT2D eigenvalue weighted by atomic mass is 19.1. The minimum Gasteiger partial charge on any atom is -0.354 e. The lowest BCUT2D eigenvalue weighted by molar-refractivity contribution is -0.121. The van der Waals surface area contributed by atoms with Crippen LogP contribution >= 0.6 is 0 Å². The number of rotatable bonds is 5. The quantitative estimate of drug-likeness (QED) is 0.764. The maximum atomic E-state index is 13.5. The third-order valence-corrected chi connectivity index (χ3v) is 3.46. The molecule has 118 valence electrons. The van der Waals surface area contributed by atoms with Crippen LogP contribution in [0.4, 0.5) is 4.39 Å². The fourth-order valence-electron chi connectivity index (χ4n) is 2.30. The number of carbonyl (C=O) groups excluding carboxylic acids is 1. The van der Waals surface area contributed by atoms with E-state index in [1.807, 2.05) is 0 Å². The SMILES string of the molecule is O=C(Cn1nc2ccccn2c1=O)NCCc1ccccc1F. The van der Waals surface area contributed by atoms with Gasteiger partial charge in [0.25, 0.3) is 0 Å². The summed E-state index contributed by atoms with van der Waals surface area (Å²) in [5.74, 6) is -0.634. The van der Waals surface area contributed by atoms with E-state index < -0.39 is 0 Å². The maximum absolute atomic E-state index is 13.5. The zero-order valence-corrected chi connectivity index (χ0v) is 12.3. The summed E-state index contributed by atoms with van der Waals surface area (Å²) >= 11 is 0. The van der Waals surface area contributed by atoms with Crippen LogP contribution in [-0.2, 0) is 17.8 Å². The van der Waals surface area contributed by atoms with Gasteiger partial charge in [-0.25, -0.2) is 13.9 Å². The number of amides is 1. The molecule has 1 N–H and O–H groups in total. The monoisotopic (exact) mass is 314 g/mol. The minimum atomic E-state index is -0.371. The summed E-state index contributed by atoms with van der Waals surface area (Å²) in [6, 6.07) is 11.6. The molecule has 0 unspecified atom stereocenters. The van der Waals surface area contributed by atoms with Gasteiger partial charge in [0.05, 0.1) is 0 Å². The molecular formula is C16H15FN4O2. The number of hydrogen-bond donors (Lipinski definition) is 1. The van der Waals surface area contributed by atoms with Gasteiger partial charge in [-0.05, 0) is 30.2 Å². The molecule has 0 aliphatic heterocycles. The highest BCUT2D eigenvalue weighted by Gasteiger charge is 2.10. The fourth-order valence-corrected chi connectivity index (χ4v) is 2.30. The van der Waals surface area contributed by atoms with Crippen LogP contribution in [0.5, 0.6) is 0 Å². The molecule has 0 fully saturated rings. The van der Waals surface area contributed by atoms with Crippen LogP contribution in [0.1, 0.15) is 5.56 Å². The Morgan fingerprint density at radius 1 is 1.17 bits per heavy atom. The van der Waals surface area contributed by atoms with Gasteiger partial charge in [0.1, 0.15) is 12.4 Å². The Morgan fingerprint density at radius 2 is 1.96 bits per heavy atom. The molecule has 7 heteroatoms. The van der Waals surface area contributed by atoms with Crippen LogP contribution in [0.25, 0.3) is 5.65 Å². The summed E-state index contributed by atoms with van der Waals surface area (Å²) in [5.41, 5.74) is 0.652. The van der Waals surface area contributed by atoms with E-state index in [2.05, 4.69) is 10.4 Å². The zero-order valence-electron chi connectivity index (χ0n) is 12.3. The molecule has 0 radical (unpaired) electrons. The maximum Gasteiger partial charge on any atom is 0.350 e. The molecule has 3 rings (SSSR count). The van der Waals surface area contributed by atoms with Gasteiger partial charge >= 0.3 is 5.69 Å². The van der Waals surface area contributed by atoms with Crippen LogP contribution in [0.15, 0.2) is 53.5 Å². The molecule has 0 bridgehead atoms. The first kappa shape index (κ1) is 15.0. The molecule has 0 aliphatic rings. The third-order valence-electron chi connectivity index (χ3n) is 3.46. The van der Waals surface area contributed by atoms with E-state index in [0.29, 0.717) is 24.2 Å². The number of nitrogens with one attached hydrogen (secondary N) is 1. The van der Waals surface area contributed by atoms with Gasteiger partial charge in [0, 0.05) is 12.7 Å². The van der Waals surface area contributed by atoms with Crippen LogP contribution < -0.4 is 11.0 Å². The average molecular weight is 314 g/mol.